The van der Waals surface area contributed by atoms with Gasteiger partial charge in [-0.25, -0.2) is 4.39 Å². The Morgan fingerprint density at radius 2 is 1.68 bits per heavy atom. The molecule has 0 fully saturated rings. The lowest BCUT2D eigenvalue weighted by Crippen LogP contribution is -2.44. The van der Waals surface area contributed by atoms with Gasteiger partial charge in [0.15, 0.2) is 0 Å². The molecule has 3 aromatic rings. The van der Waals surface area contributed by atoms with E-state index >= 15 is 0 Å². The van der Waals surface area contributed by atoms with E-state index < -0.39 is 0 Å². The summed E-state index contributed by atoms with van der Waals surface area (Å²) in [5, 5.41) is 6.20. The summed E-state index contributed by atoms with van der Waals surface area (Å²) < 4.78 is 13.4. The summed E-state index contributed by atoms with van der Waals surface area (Å²) >= 11 is 0. The van der Waals surface area contributed by atoms with E-state index in [1.54, 1.807) is 23.1 Å². The van der Waals surface area contributed by atoms with Crippen molar-refractivity contribution in [3.63, 3.8) is 0 Å². The van der Waals surface area contributed by atoms with Crippen LogP contribution >= 0.6 is 0 Å². The fourth-order valence-corrected chi connectivity index (χ4v) is 3.97. The quantitative estimate of drug-likeness (QED) is 0.652. The van der Waals surface area contributed by atoms with Crippen molar-refractivity contribution < 1.29 is 14.0 Å². The van der Waals surface area contributed by atoms with Crippen LogP contribution in [0.1, 0.15) is 30.5 Å². The van der Waals surface area contributed by atoms with Crippen LogP contribution in [0.4, 0.5) is 15.8 Å². The maximum atomic E-state index is 13.4. The van der Waals surface area contributed by atoms with Crippen LogP contribution in [0.25, 0.3) is 0 Å². The van der Waals surface area contributed by atoms with Gasteiger partial charge in [0, 0.05) is 12.5 Å². The smallest absolute Gasteiger partial charge is 0.241 e. The minimum Gasteiger partial charge on any atom is -0.324 e. The van der Waals surface area contributed by atoms with Gasteiger partial charge < -0.3 is 10.2 Å². The molecule has 0 saturated heterocycles. The number of carbonyl (C=O) groups excluding carboxylic acids is 2. The van der Waals surface area contributed by atoms with Crippen LogP contribution in [-0.4, -0.2) is 24.4 Å². The Morgan fingerprint density at radius 3 is 2.42 bits per heavy atom. The van der Waals surface area contributed by atoms with Gasteiger partial charge in [-0.3, -0.25) is 14.9 Å². The highest BCUT2D eigenvalue weighted by atomic mass is 19.1. The summed E-state index contributed by atoms with van der Waals surface area (Å²) in [4.78, 5) is 27.2. The number of fused-ring (bicyclic) bond motifs is 1. The highest BCUT2D eigenvalue weighted by molar-refractivity contribution is 6.04. The topological polar surface area (TPSA) is 61.4 Å². The Morgan fingerprint density at radius 1 is 1.03 bits per heavy atom. The number of rotatable bonds is 5. The Balaban J connectivity index is 1.59. The average molecular weight is 417 g/mol. The standard InChI is InChI=1S/C25H24FN3O2/c1-17-15-23(30)28-21-9-5-6-10-22(21)29(17)24(31)16-27-25(18-7-3-2-4-8-18)19-11-13-20(26)14-12-19/h2-14,17,25,27H,15-16H2,1H3,(H,28,30). The van der Waals surface area contributed by atoms with Crippen LogP contribution in [0.15, 0.2) is 78.9 Å². The number of nitrogens with zero attached hydrogens (tertiary/aromatic N) is 1. The van der Waals surface area contributed by atoms with E-state index in [-0.39, 0.29) is 42.7 Å². The van der Waals surface area contributed by atoms with Gasteiger partial charge in [-0.2, -0.15) is 0 Å². The number of hydrogen-bond donors (Lipinski definition) is 2. The Labute approximate surface area is 180 Å². The molecule has 0 radical (unpaired) electrons. The van der Waals surface area contributed by atoms with E-state index in [1.165, 1.54) is 12.1 Å². The minimum atomic E-state index is -0.307. The molecular weight excluding hydrogens is 393 g/mol. The molecule has 2 N–H and O–H groups in total. The third kappa shape index (κ3) is 4.64. The van der Waals surface area contributed by atoms with Crippen LogP contribution in [-0.2, 0) is 9.59 Å². The first-order valence-electron chi connectivity index (χ1n) is 10.3. The molecule has 31 heavy (non-hydrogen) atoms. The van der Waals surface area contributed by atoms with Crippen molar-refractivity contribution in [1.29, 1.82) is 0 Å². The van der Waals surface area contributed by atoms with Gasteiger partial charge in [-0.1, -0.05) is 54.6 Å². The summed E-state index contributed by atoms with van der Waals surface area (Å²) in [6.45, 7) is 1.93. The normalized spacial score (nSPS) is 16.8. The maximum absolute atomic E-state index is 13.4. The minimum absolute atomic E-state index is 0.0593. The number of nitrogens with one attached hydrogen (secondary N) is 2. The van der Waals surface area contributed by atoms with E-state index in [0.717, 1.165) is 11.1 Å². The van der Waals surface area contributed by atoms with Crippen molar-refractivity contribution in [1.82, 2.24) is 5.32 Å². The van der Waals surface area contributed by atoms with Crippen LogP contribution in [0.3, 0.4) is 0 Å². The second-order valence-corrected chi connectivity index (χ2v) is 7.66. The van der Waals surface area contributed by atoms with Crippen LogP contribution < -0.4 is 15.5 Å². The third-order valence-corrected chi connectivity index (χ3v) is 5.42. The van der Waals surface area contributed by atoms with Crippen molar-refractivity contribution in [2.24, 2.45) is 0 Å². The van der Waals surface area contributed by atoms with E-state index in [2.05, 4.69) is 10.6 Å². The molecule has 3 aromatic carbocycles. The first kappa shape index (κ1) is 20.8. The maximum Gasteiger partial charge on any atom is 0.241 e. The molecule has 6 heteroatoms. The predicted molar refractivity (Wildman–Crippen MR) is 119 cm³/mol. The van der Waals surface area contributed by atoms with E-state index in [0.29, 0.717) is 11.4 Å². The number of carbonyl (C=O) groups is 2. The highest BCUT2D eigenvalue weighted by Crippen LogP contribution is 2.31. The first-order valence-corrected chi connectivity index (χ1v) is 10.3. The molecule has 0 spiro atoms. The Kier molecular flexibility index (Phi) is 6.09. The summed E-state index contributed by atoms with van der Waals surface area (Å²) in [5.74, 6) is -0.560. The zero-order chi connectivity index (χ0) is 21.8. The number of hydrogen-bond acceptors (Lipinski definition) is 3. The van der Waals surface area contributed by atoms with Crippen LogP contribution in [0.2, 0.25) is 0 Å². The molecule has 1 heterocycles. The lowest BCUT2D eigenvalue weighted by molar-refractivity contribution is -0.118. The summed E-state index contributed by atoms with van der Waals surface area (Å²) in [6.07, 6.45) is 0.223. The van der Waals surface area contributed by atoms with Crippen molar-refractivity contribution in [3.8, 4) is 0 Å². The number of anilines is 2. The molecule has 0 aromatic heterocycles. The van der Waals surface area contributed by atoms with Gasteiger partial charge in [0.25, 0.3) is 0 Å². The van der Waals surface area contributed by atoms with Gasteiger partial charge in [0.1, 0.15) is 5.82 Å². The molecule has 1 aliphatic heterocycles. The number of halogens is 1. The molecule has 2 unspecified atom stereocenters. The van der Waals surface area contributed by atoms with E-state index in [9.17, 15) is 14.0 Å². The van der Waals surface area contributed by atoms with Gasteiger partial charge >= 0.3 is 0 Å². The lowest BCUT2D eigenvalue weighted by Gasteiger charge is -2.29. The number of para-hydroxylation sites is 2. The highest BCUT2D eigenvalue weighted by Gasteiger charge is 2.29. The SMILES string of the molecule is CC1CC(=O)Nc2ccccc2N1C(=O)CNC(c1ccccc1)c1ccc(F)cc1. The van der Waals surface area contributed by atoms with Gasteiger partial charge in [-0.15, -0.1) is 0 Å². The molecule has 2 amide bonds. The van der Waals surface area contributed by atoms with Crippen molar-refractivity contribution in [2.75, 3.05) is 16.8 Å². The molecule has 5 nitrogen and oxygen atoms in total. The van der Waals surface area contributed by atoms with Crippen molar-refractivity contribution in [3.05, 3.63) is 95.8 Å². The molecule has 0 saturated carbocycles. The van der Waals surface area contributed by atoms with Gasteiger partial charge in [0.2, 0.25) is 11.8 Å². The second-order valence-electron chi connectivity index (χ2n) is 7.66. The average Bonchev–Trinajstić information content (AvgIpc) is 2.90. The number of amides is 2. The third-order valence-electron chi connectivity index (χ3n) is 5.42. The Hall–Kier alpha value is -3.51. The van der Waals surface area contributed by atoms with E-state index in [1.807, 2.05) is 55.5 Å². The molecule has 1 aliphatic rings. The zero-order valence-electron chi connectivity index (χ0n) is 17.2. The van der Waals surface area contributed by atoms with Crippen molar-refractivity contribution >= 4 is 23.2 Å². The molecule has 2 atom stereocenters. The largest absolute Gasteiger partial charge is 0.324 e. The van der Waals surface area contributed by atoms with Gasteiger partial charge in [-0.05, 0) is 42.3 Å². The Bertz CT molecular complexity index is 1070. The van der Waals surface area contributed by atoms with Crippen LogP contribution in [0, 0.1) is 5.82 Å². The molecular formula is C25H24FN3O2. The lowest BCUT2D eigenvalue weighted by atomic mass is 9.98. The molecule has 0 bridgehead atoms. The molecule has 0 aliphatic carbocycles. The summed E-state index contributed by atoms with van der Waals surface area (Å²) in [6, 6.07) is 22.8. The second kappa shape index (κ2) is 9.10. The molecule has 4 rings (SSSR count). The van der Waals surface area contributed by atoms with Crippen molar-refractivity contribution in [2.45, 2.75) is 25.4 Å². The number of benzene rings is 3. The monoisotopic (exact) mass is 417 g/mol. The summed E-state index contributed by atoms with van der Waals surface area (Å²) in [7, 11) is 0. The zero-order valence-corrected chi connectivity index (χ0v) is 17.2. The first-order chi connectivity index (χ1) is 15.0. The van der Waals surface area contributed by atoms with Gasteiger partial charge in [0.05, 0.1) is 24.0 Å². The van der Waals surface area contributed by atoms with Crippen LogP contribution in [0.5, 0.6) is 0 Å². The van der Waals surface area contributed by atoms with E-state index in [4.69, 9.17) is 0 Å². The molecule has 158 valence electrons. The summed E-state index contributed by atoms with van der Waals surface area (Å²) in [5.41, 5.74) is 3.15. The fraction of sp³-hybridized carbons (Fsp3) is 0.200. The predicted octanol–water partition coefficient (Wildman–Crippen LogP) is 4.27. The fourth-order valence-electron chi connectivity index (χ4n) is 3.97.